The number of benzene rings is 1. The molecule has 1 aliphatic heterocycles. The zero-order valence-corrected chi connectivity index (χ0v) is 10.6. The number of hydrogen-bond donors (Lipinski definition) is 1. The Kier molecular flexibility index (Phi) is 3.89. The number of rotatable bonds is 2. The number of anilines is 1. The van der Waals surface area contributed by atoms with Gasteiger partial charge >= 0.3 is 0 Å². The van der Waals surface area contributed by atoms with Gasteiger partial charge in [0.1, 0.15) is 0 Å². The van der Waals surface area contributed by atoms with Crippen molar-refractivity contribution in [2.75, 3.05) is 23.7 Å². The first-order valence-corrected chi connectivity index (χ1v) is 6.72. The van der Waals surface area contributed by atoms with Gasteiger partial charge in [0.2, 0.25) is 0 Å². The fourth-order valence-electron chi connectivity index (χ4n) is 2.02. The topological polar surface area (TPSA) is 29.3 Å². The minimum Gasteiger partial charge on any atom is -0.367 e. The van der Waals surface area contributed by atoms with Crippen molar-refractivity contribution in [3.8, 4) is 0 Å². The van der Waals surface area contributed by atoms with Crippen LogP contribution in [0.3, 0.4) is 0 Å². The van der Waals surface area contributed by atoms with E-state index in [0.29, 0.717) is 10.9 Å². The van der Waals surface area contributed by atoms with E-state index in [2.05, 4.69) is 6.92 Å². The second-order valence-electron chi connectivity index (χ2n) is 4.20. The van der Waals surface area contributed by atoms with Gasteiger partial charge in [-0.2, -0.15) is 11.8 Å². The summed E-state index contributed by atoms with van der Waals surface area (Å²) in [7, 11) is 0. The molecule has 5 heteroatoms. The average Bonchev–Trinajstić information content (AvgIpc) is 2.32. The number of halogens is 2. The molecule has 1 heterocycles. The lowest BCUT2D eigenvalue weighted by molar-refractivity contribution is 0.497. The molecule has 0 spiro atoms. The highest BCUT2D eigenvalue weighted by Crippen LogP contribution is 2.28. The summed E-state index contributed by atoms with van der Waals surface area (Å²) < 4.78 is 27.5. The van der Waals surface area contributed by atoms with E-state index in [-0.39, 0.29) is 12.1 Å². The van der Waals surface area contributed by atoms with Crippen molar-refractivity contribution < 1.29 is 8.78 Å². The summed E-state index contributed by atoms with van der Waals surface area (Å²) in [6.07, 6.45) is 0. The highest BCUT2D eigenvalue weighted by molar-refractivity contribution is 8.00. The van der Waals surface area contributed by atoms with Crippen LogP contribution in [0.2, 0.25) is 0 Å². The van der Waals surface area contributed by atoms with Crippen molar-refractivity contribution in [3.63, 3.8) is 0 Å². The smallest absolute Gasteiger partial charge is 0.182 e. The lowest BCUT2D eigenvalue weighted by atomic mass is 10.1. The van der Waals surface area contributed by atoms with Crippen LogP contribution >= 0.6 is 11.8 Å². The van der Waals surface area contributed by atoms with Crippen molar-refractivity contribution in [1.82, 2.24) is 0 Å². The van der Waals surface area contributed by atoms with Crippen LogP contribution in [-0.2, 0) is 6.54 Å². The lowest BCUT2D eigenvalue weighted by Gasteiger charge is -2.32. The summed E-state index contributed by atoms with van der Waals surface area (Å²) >= 11 is 1.86. The van der Waals surface area contributed by atoms with Gasteiger partial charge in [0, 0.05) is 36.2 Å². The summed E-state index contributed by atoms with van der Waals surface area (Å²) in [5.41, 5.74) is 5.93. The number of hydrogen-bond acceptors (Lipinski definition) is 3. The summed E-state index contributed by atoms with van der Waals surface area (Å²) in [5, 5.41) is 0.445. The Morgan fingerprint density at radius 3 is 2.82 bits per heavy atom. The highest BCUT2D eigenvalue weighted by atomic mass is 32.2. The molecule has 0 radical (unpaired) electrons. The quantitative estimate of drug-likeness (QED) is 0.883. The normalized spacial score (nSPS) is 20.7. The fraction of sp³-hybridized carbons (Fsp3) is 0.500. The van der Waals surface area contributed by atoms with Crippen LogP contribution in [-0.4, -0.2) is 24.1 Å². The second-order valence-corrected chi connectivity index (χ2v) is 5.75. The molecule has 1 fully saturated rings. The van der Waals surface area contributed by atoms with Crippen molar-refractivity contribution in [2.24, 2.45) is 5.73 Å². The Morgan fingerprint density at radius 1 is 1.41 bits per heavy atom. The molecule has 1 aromatic rings. The van der Waals surface area contributed by atoms with Crippen LogP contribution in [0.5, 0.6) is 0 Å². The Bertz CT molecular complexity index is 412. The van der Waals surface area contributed by atoms with Gasteiger partial charge in [0.15, 0.2) is 11.6 Å². The Morgan fingerprint density at radius 2 is 2.18 bits per heavy atom. The van der Waals surface area contributed by atoms with Crippen molar-refractivity contribution >= 4 is 17.4 Å². The summed E-state index contributed by atoms with van der Waals surface area (Å²) in [6, 6.07) is 3.20. The highest BCUT2D eigenvalue weighted by Gasteiger charge is 2.22. The van der Waals surface area contributed by atoms with E-state index < -0.39 is 11.6 Å². The van der Waals surface area contributed by atoms with Crippen LogP contribution in [0.1, 0.15) is 12.5 Å². The molecule has 1 aliphatic rings. The van der Waals surface area contributed by atoms with E-state index in [1.165, 1.54) is 0 Å². The van der Waals surface area contributed by atoms with Gasteiger partial charge in [-0.3, -0.25) is 0 Å². The third-order valence-electron chi connectivity index (χ3n) is 2.94. The predicted octanol–water partition coefficient (Wildman–Crippen LogP) is 2.37. The van der Waals surface area contributed by atoms with Crippen LogP contribution in [0, 0.1) is 11.6 Å². The van der Waals surface area contributed by atoms with E-state index in [9.17, 15) is 8.78 Å². The molecule has 2 rings (SSSR count). The zero-order chi connectivity index (χ0) is 12.4. The Balaban J connectivity index is 2.29. The first-order chi connectivity index (χ1) is 8.13. The van der Waals surface area contributed by atoms with Gasteiger partial charge in [-0.1, -0.05) is 13.0 Å². The molecular weight excluding hydrogens is 242 g/mol. The summed E-state index contributed by atoms with van der Waals surface area (Å²) in [6.45, 7) is 3.63. The van der Waals surface area contributed by atoms with Crippen LogP contribution in [0.4, 0.5) is 14.5 Å². The molecule has 0 bridgehead atoms. The molecule has 1 atom stereocenters. The standard InChI is InChI=1S/C12H16F2N2S/c1-8-7-16(4-5-17-8)10-3-2-9(6-15)11(13)12(10)14/h2-3,8H,4-7,15H2,1H3. The Hall–Kier alpha value is -0.810. The molecule has 17 heavy (non-hydrogen) atoms. The van der Waals surface area contributed by atoms with Crippen LogP contribution < -0.4 is 10.6 Å². The first-order valence-electron chi connectivity index (χ1n) is 5.67. The maximum Gasteiger partial charge on any atom is 0.182 e. The van der Waals surface area contributed by atoms with Crippen molar-refractivity contribution in [1.29, 1.82) is 0 Å². The zero-order valence-electron chi connectivity index (χ0n) is 9.75. The number of nitrogens with two attached hydrogens (primary N) is 1. The average molecular weight is 258 g/mol. The maximum absolute atomic E-state index is 13.9. The number of thioether (sulfide) groups is 1. The van der Waals surface area contributed by atoms with E-state index >= 15 is 0 Å². The van der Waals surface area contributed by atoms with E-state index in [0.717, 1.165) is 18.8 Å². The molecule has 1 aromatic carbocycles. The summed E-state index contributed by atoms with van der Waals surface area (Å²) in [4.78, 5) is 1.90. The molecule has 94 valence electrons. The van der Waals surface area contributed by atoms with Gasteiger partial charge in [-0.05, 0) is 6.07 Å². The van der Waals surface area contributed by atoms with E-state index in [1.807, 2.05) is 16.7 Å². The predicted molar refractivity (Wildman–Crippen MR) is 68.4 cm³/mol. The van der Waals surface area contributed by atoms with E-state index in [1.54, 1.807) is 12.1 Å². The molecule has 1 saturated heterocycles. The second kappa shape index (κ2) is 5.23. The molecule has 2 nitrogen and oxygen atoms in total. The Labute approximate surface area is 104 Å². The van der Waals surface area contributed by atoms with Crippen LogP contribution in [0.25, 0.3) is 0 Å². The monoisotopic (exact) mass is 258 g/mol. The van der Waals surface area contributed by atoms with Gasteiger partial charge < -0.3 is 10.6 Å². The minimum atomic E-state index is -0.809. The van der Waals surface area contributed by atoms with E-state index in [4.69, 9.17) is 5.73 Å². The molecule has 0 amide bonds. The molecule has 0 saturated carbocycles. The van der Waals surface area contributed by atoms with Gasteiger partial charge in [-0.25, -0.2) is 8.78 Å². The maximum atomic E-state index is 13.9. The lowest BCUT2D eigenvalue weighted by Crippen LogP contribution is -2.37. The van der Waals surface area contributed by atoms with Gasteiger partial charge in [0.05, 0.1) is 5.69 Å². The summed E-state index contributed by atoms with van der Waals surface area (Å²) in [5.74, 6) is -0.635. The third kappa shape index (κ3) is 2.55. The molecule has 0 aliphatic carbocycles. The van der Waals surface area contributed by atoms with Gasteiger partial charge in [-0.15, -0.1) is 0 Å². The first kappa shape index (κ1) is 12.6. The molecular formula is C12H16F2N2S. The molecule has 2 N–H and O–H groups in total. The molecule has 1 unspecified atom stereocenters. The van der Waals surface area contributed by atoms with Crippen molar-refractivity contribution in [3.05, 3.63) is 29.3 Å². The minimum absolute atomic E-state index is 0.0231. The van der Waals surface area contributed by atoms with Crippen molar-refractivity contribution in [2.45, 2.75) is 18.7 Å². The molecule has 0 aromatic heterocycles. The SMILES string of the molecule is CC1CN(c2ccc(CN)c(F)c2F)CCS1. The van der Waals surface area contributed by atoms with Crippen LogP contribution in [0.15, 0.2) is 12.1 Å². The number of nitrogens with zero attached hydrogens (tertiary/aromatic N) is 1. The van der Waals surface area contributed by atoms with Gasteiger partial charge in [0.25, 0.3) is 0 Å². The fourth-order valence-corrected chi connectivity index (χ4v) is 3.03. The third-order valence-corrected chi connectivity index (χ3v) is 4.08. The largest absolute Gasteiger partial charge is 0.367 e.